The van der Waals surface area contributed by atoms with E-state index in [2.05, 4.69) is 19.1 Å². The molecule has 150 valence electrons. The van der Waals surface area contributed by atoms with Gasteiger partial charge in [-0.15, -0.1) is 0 Å². The zero-order valence-electron chi connectivity index (χ0n) is 16.9. The van der Waals surface area contributed by atoms with Crippen LogP contribution < -0.4 is 9.47 Å². The summed E-state index contributed by atoms with van der Waals surface area (Å²) in [5, 5.41) is 8.67. The van der Waals surface area contributed by atoms with Gasteiger partial charge in [-0.1, -0.05) is 36.4 Å². The topological polar surface area (TPSA) is 62.6 Å². The predicted octanol–water partition coefficient (Wildman–Crippen LogP) is 4.44. The number of benzene rings is 2. The highest BCUT2D eigenvalue weighted by Gasteiger charge is 2.33. The summed E-state index contributed by atoms with van der Waals surface area (Å²) in [6, 6.07) is 17.6. The molecule has 0 N–H and O–H groups in total. The summed E-state index contributed by atoms with van der Waals surface area (Å²) in [5.74, 6) is 1.62. The summed E-state index contributed by atoms with van der Waals surface area (Å²) in [6.07, 6.45) is 5.78. The first kappa shape index (κ1) is 20.5. The van der Waals surface area contributed by atoms with Crippen molar-refractivity contribution in [3.05, 3.63) is 65.7 Å². The SMILES string of the molecule is COc1cc(/C=C/C(=O)N(Cc2ccccc2)C(C)C2CC2)ccc1OCC#N. The maximum absolute atomic E-state index is 13.0. The van der Waals surface area contributed by atoms with Crippen LogP contribution in [0.1, 0.15) is 30.9 Å². The Hall–Kier alpha value is -3.26. The highest BCUT2D eigenvalue weighted by molar-refractivity contribution is 5.92. The molecule has 0 spiro atoms. The summed E-state index contributed by atoms with van der Waals surface area (Å²) in [6.45, 7) is 2.69. The van der Waals surface area contributed by atoms with Gasteiger partial charge in [-0.05, 0) is 55.0 Å². The van der Waals surface area contributed by atoms with Gasteiger partial charge in [0.15, 0.2) is 18.1 Å². The number of nitrogens with zero attached hydrogens (tertiary/aromatic N) is 2. The van der Waals surface area contributed by atoms with Crippen LogP contribution in [-0.2, 0) is 11.3 Å². The van der Waals surface area contributed by atoms with E-state index >= 15 is 0 Å². The van der Waals surface area contributed by atoms with E-state index in [4.69, 9.17) is 14.7 Å². The van der Waals surface area contributed by atoms with E-state index in [1.165, 1.54) is 12.8 Å². The van der Waals surface area contributed by atoms with Crippen LogP contribution in [0.2, 0.25) is 0 Å². The lowest BCUT2D eigenvalue weighted by molar-refractivity contribution is -0.129. The van der Waals surface area contributed by atoms with E-state index in [-0.39, 0.29) is 18.6 Å². The standard InChI is InChI=1S/C24H26N2O3/c1-18(21-10-11-21)26(17-20-6-4-3-5-7-20)24(27)13-9-19-8-12-22(29-15-14-25)23(16-19)28-2/h3-9,12-13,16,18,21H,10-11,15,17H2,1-2H3/b13-9+. The highest BCUT2D eigenvalue weighted by Crippen LogP contribution is 2.36. The maximum atomic E-state index is 13.0. The molecule has 0 bridgehead atoms. The predicted molar refractivity (Wildman–Crippen MR) is 112 cm³/mol. The van der Waals surface area contributed by atoms with Crippen LogP contribution in [0.4, 0.5) is 0 Å². The summed E-state index contributed by atoms with van der Waals surface area (Å²) in [5.41, 5.74) is 1.96. The molecule has 3 rings (SSSR count). The molecule has 2 aromatic carbocycles. The molecule has 1 atom stereocenters. The molecule has 1 amide bonds. The molecule has 1 saturated carbocycles. The Morgan fingerprint density at radius 3 is 2.66 bits per heavy atom. The van der Waals surface area contributed by atoms with E-state index in [1.807, 2.05) is 35.2 Å². The van der Waals surface area contributed by atoms with Crippen molar-refractivity contribution in [2.45, 2.75) is 32.4 Å². The molecule has 0 radical (unpaired) electrons. The Labute approximate surface area is 172 Å². The Morgan fingerprint density at radius 1 is 1.24 bits per heavy atom. The highest BCUT2D eigenvalue weighted by atomic mass is 16.5. The lowest BCUT2D eigenvalue weighted by Crippen LogP contribution is -2.38. The minimum Gasteiger partial charge on any atom is -0.493 e. The fourth-order valence-electron chi connectivity index (χ4n) is 3.32. The third-order valence-corrected chi connectivity index (χ3v) is 5.17. The van der Waals surface area contributed by atoms with Crippen LogP contribution in [0.25, 0.3) is 6.08 Å². The summed E-state index contributed by atoms with van der Waals surface area (Å²) < 4.78 is 10.7. The molecule has 0 saturated heterocycles. The van der Waals surface area contributed by atoms with E-state index in [0.29, 0.717) is 24.0 Å². The quantitative estimate of drug-likeness (QED) is 0.594. The van der Waals surface area contributed by atoms with Gasteiger partial charge in [0.2, 0.25) is 5.91 Å². The van der Waals surface area contributed by atoms with Crippen LogP contribution in [-0.4, -0.2) is 30.6 Å². The second-order valence-electron chi connectivity index (χ2n) is 7.22. The van der Waals surface area contributed by atoms with Gasteiger partial charge in [-0.25, -0.2) is 0 Å². The first-order valence-electron chi connectivity index (χ1n) is 9.82. The molecule has 1 unspecified atom stereocenters. The number of nitriles is 1. The second kappa shape index (κ2) is 9.79. The summed E-state index contributed by atoms with van der Waals surface area (Å²) in [4.78, 5) is 15.0. The third kappa shape index (κ3) is 5.61. The fourth-order valence-corrected chi connectivity index (χ4v) is 3.32. The van der Waals surface area contributed by atoms with Gasteiger partial charge in [0.25, 0.3) is 0 Å². The lowest BCUT2D eigenvalue weighted by atomic mass is 10.1. The maximum Gasteiger partial charge on any atom is 0.247 e. The molecule has 0 aromatic heterocycles. The molecule has 5 nitrogen and oxygen atoms in total. The van der Waals surface area contributed by atoms with E-state index < -0.39 is 0 Å². The molecule has 1 aliphatic carbocycles. The van der Waals surface area contributed by atoms with Gasteiger partial charge in [0.05, 0.1) is 7.11 Å². The average Bonchev–Trinajstić information content (AvgIpc) is 3.60. The fraction of sp³-hybridized carbons (Fsp3) is 0.333. The van der Waals surface area contributed by atoms with Crippen molar-refractivity contribution in [3.63, 3.8) is 0 Å². The van der Waals surface area contributed by atoms with Crippen LogP contribution in [0.5, 0.6) is 11.5 Å². The number of amides is 1. The number of carbonyl (C=O) groups is 1. The molecule has 0 heterocycles. The Morgan fingerprint density at radius 2 is 2.00 bits per heavy atom. The molecule has 2 aromatic rings. The Kier molecular flexibility index (Phi) is 6.91. The molecule has 1 aliphatic rings. The number of ether oxygens (including phenoxy) is 2. The molecule has 29 heavy (non-hydrogen) atoms. The summed E-state index contributed by atoms with van der Waals surface area (Å²) in [7, 11) is 1.55. The number of carbonyl (C=O) groups excluding carboxylic acids is 1. The molecule has 1 fully saturated rings. The van der Waals surface area contributed by atoms with Gasteiger partial charge in [0, 0.05) is 18.7 Å². The molecular weight excluding hydrogens is 364 g/mol. The zero-order chi connectivity index (χ0) is 20.6. The number of rotatable bonds is 9. The van der Waals surface area contributed by atoms with E-state index in [9.17, 15) is 4.79 Å². The first-order valence-corrected chi connectivity index (χ1v) is 9.82. The third-order valence-electron chi connectivity index (χ3n) is 5.17. The molecular formula is C24H26N2O3. The number of methoxy groups -OCH3 is 1. The number of hydrogen-bond donors (Lipinski definition) is 0. The van der Waals surface area contributed by atoms with Gasteiger partial charge in [-0.2, -0.15) is 5.26 Å². The molecule has 0 aliphatic heterocycles. The van der Waals surface area contributed by atoms with Crippen LogP contribution in [0, 0.1) is 17.2 Å². The van der Waals surface area contributed by atoms with Crippen molar-refractivity contribution in [2.75, 3.05) is 13.7 Å². The minimum absolute atomic E-state index is 0.00275. The first-order chi connectivity index (χ1) is 14.1. The van der Waals surface area contributed by atoms with Crippen LogP contribution in [0.15, 0.2) is 54.6 Å². The minimum atomic E-state index is -0.0441. The van der Waals surface area contributed by atoms with Gasteiger partial charge in [-0.3, -0.25) is 4.79 Å². The van der Waals surface area contributed by atoms with Gasteiger partial charge in [0.1, 0.15) is 6.07 Å². The van der Waals surface area contributed by atoms with Crippen molar-refractivity contribution in [3.8, 4) is 17.6 Å². The van der Waals surface area contributed by atoms with Crippen molar-refractivity contribution in [1.29, 1.82) is 5.26 Å². The van der Waals surface area contributed by atoms with Gasteiger partial charge < -0.3 is 14.4 Å². The number of hydrogen-bond acceptors (Lipinski definition) is 4. The van der Waals surface area contributed by atoms with E-state index in [1.54, 1.807) is 31.4 Å². The summed E-state index contributed by atoms with van der Waals surface area (Å²) >= 11 is 0. The van der Waals surface area contributed by atoms with Gasteiger partial charge >= 0.3 is 0 Å². The van der Waals surface area contributed by atoms with Crippen molar-refractivity contribution in [1.82, 2.24) is 4.90 Å². The monoisotopic (exact) mass is 390 g/mol. The average molecular weight is 390 g/mol. The Bertz CT molecular complexity index is 898. The normalized spacial score (nSPS) is 14.2. The largest absolute Gasteiger partial charge is 0.493 e. The van der Waals surface area contributed by atoms with Crippen molar-refractivity contribution in [2.24, 2.45) is 5.92 Å². The van der Waals surface area contributed by atoms with Crippen molar-refractivity contribution >= 4 is 12.0 Å². The zero-order valence-corrected chi connectivity index (χ0v) is 16.9. The lowest BCUT2D eigenvalue weighted by Gasteiger charge is -2.28. The smallest absolute Gasteiger partial charge is 0.247 e. The van der Waals surface area contributed by atoms with E-state index in [0.717, 1.165) is 11.1 Å². The van der Waals surface area contributed by atoms with Crippen molar-refractivity contribution < 1.29 is 14.3 Å². The van der Waals surface area contributed by atoms with Crippen LogP contribution >= 0.6 is 0 Å². The molecule has 5 heteroatoms. The second-order valence-corrected chi connectivity index (χ2v) is 7.22. The van der Waals surface area contributed by atoms with Crippen LogP contribution in [0.3, 0.4) is 0 Å². The Balaban J connectivity index is 1.74.